The van der Waals surface area contributed by atoms with E-state index in [1.54, 1.807) is 4.90 Å². The van der Waals surface area contributed by atoms with Crippen LogP contribution in [-0.2, 0) is 9.59 Å². The summed E-state index contributed by atoms with van der Waals surface area (Å²) in [6.45, 7) is 7.41. The first kappa shape index (κ1) is 15.0. The Bertz CT molecular complexity index is 309. The summed E-state index contributed by atoms with van der Waals surface area (Å²) >= 11 is 0. The molecule has 0 unspecified atom stereocenters. The van der Waals surface area contributed by atoms with E-state index in [9.17, 15) is 9.59 Å². The van der Waals surface area contributed by atoms with Gasteiger partial charge in [0.1, 0.15) is 5.41 Å². The molecule has 5 heteroatoms. The summed E-state index contributed by atoms with van der Waals surface area (Å²) in [6, 6.07) is 0.178. The Balaban J connectivity index is 2.83. The van der Waals surface area contributed by atoms with Crippen molar-refractivity contribution in [2.24, 2.45) is 5.41 Å². The maximum Gasteiger partial charge on any atom is 0.318 e. The normalized spacial score (nSPS) is 17.5. The zero-order valence-electron chi connectivity index (χ0n) is 11.5. The van der Waals surface area contributed by atoms with Gasteiger partial charge in [-0.2, -0.15) is 0 Å². The largest absolute Gasteiger partial charge is 0.480 e. The Labute approximate surface area is 109 Å². The van der Waals surface area contributed by atoms with Gasteiger partial charge in [0.05, 0.1) is 0 Å². The first-order chi connectivity index (χ1) is 8.41. The van der Waals surface area contributed by atoms with Gasteiger partial charge >= 0.3 is 5.97 Å². The first-order valence-corrected chi connectivity index (χ1v) is 6.66. The summed E-state index contributed by atoms with van der Waals surface area (Å²) in [5, 5.41) is 12.4. The predicted octanol–water partition coefficient (Wildman–Crippen LogP) is 1.09. The van der Waals surface area contributed by atoms with E-state index < -0.39 is 11.4 Å². The molecule has 0 spiro atoms. The highest BCUT2D eigenvalue weighted by Gasteiger charge is 2.41. The van der Waals surface area contributed by atoms with Crippen molar-refractivity contribution in [1.82, 2.24) is 10.2 Å². The second-order valence-corrected chi connectivity index (χ2v) is 5.41. The smallest absolute Gasteiger partial charge is 0.318 e. The molecule has 2 N–H and O–H groups in total. The molecule has 0 saturated carbocycles. The molecule has 0 aromatic heterocycles. The molecule has 1 aliphatic rings. The number of piperidine rings is 1. The molecular formula is C13H24N2O3. The minimum absolute atomic E-state index is 0.178. The second-order valence-electron chi connectivity index (χ2n) is 5.41. The van der Waals surface area contributed by atoms with Crippen LogP contribution in [0, 0.1) is 5.41 Å². The van der Waals surface area contributed by atoms with E-state index in [1.165, 1.54) is 13.8 Å². The molecule has 104 valence electrons. The molecule has 1 saturated heterocycles. The number of carboxylic acids is 1. The molecule has 1 aliphatic heterocycles. The predicted molar refractivity (Wildman–Crippen MR) is 69.3 cm³/mol. The lowest BCUT2D eigenvalue weighted by Crippen LogP contribution is -2.52. The maximum absolute atomic E-state index is 12.4. The van der Waals surface area contributed by atoms with Crippen molar-refractivity contribution in [3.05, 3.63) is 0 Å². The highest BCUT2D eigenvalue weighted by molar-refractivity contribution is 6.01. The number of hydrogen-bond acceptors (Lipinski definition) is 3. The quantitative estimate of drug-likeness (QED) is 0.722. The summed E-state index contributed by atoms with van der Waals surface area (Å²) in [6.07, 6.45) is 2.66. The molecule has 0 aromatic carbocycles. The van der Waals surface area contributed by atoms with Crippen molar-refractivity contribution < 1.29 is 14.7 Å². The number of carbonyl (C=O) groups is 2. The van der Waals surface area contributed by atoms with Crippen molar-refractivity contribution in [1.29, 1.82) is 0 Å². The van der Waals surface area contributed by atoms with Crippen molar-refractivity contribution >= 4 is 11.9 Å². The van der Waals surface area contributed by atoms with Crippen LogP contribution < -0.4 is 5.32 Å². The molecule has 1 rings (SSSR count). The van der Waals surface area contributed by atoms with Gasteiger partial charge in [0, 0.05) is 12.6 Å². The monoisotopic (exact) mass is 256 g/mol. The van der Waals surface area contributed by atoms with Gasteiger partial charge in [0.15, 0.2) is 0 Å². The highest BCUT2D eigenvalue weighted by atomic mass is 16.4. The van der Waals surface area contributed by atoms with Crippen LogP contribution in [0.25, 0.3) is 0 Å². The minimum atomic E-state index is -1.33. The number of nitrogens with zero attached hydrogens (tertiary/aromatic N) is 1. The lowest BCUT2D eigenvalue weighted by Gasteiger charge is -2.37. The van der Waals surface area contributed by atoms with Gasteiger partial charge in [-0.25, -0.2) is 0 Å². The van der Waals surface area contributed by atoms with E-state index in [0.717, 1.165) is 32.4 Å². The summed E-state index contributed by atoms with van der Waals surface area (Å²) in [4.78, 5) is 25.4. The Morgan fingerprint density at radius 3 is 2.33 bits per heavy atom. The lowest BCUT2D eigenvalue weighted by atomic mass is 9.90. The van der Waals surface area contributed by atoms with Gasteiger partial charge in [0.2, 0.25) is 5.91 Å². The summed E-state index contributed by atoms with van der Waals surface area (Å²) in [5.41, 5.74) is -1.33. The second kappa shape index (κ2) is 6.18. The third-order valence-electron chi connectivity index (χ3n) is 3.54. The number of carboxylic acid groups (broad SMARTS) is 1. The highest BCUT2D eigenvalue weighted by Crippen LogP contribution is 2.23. The number of rotatable bonds is 5. The van der Waals surface area contributed by atoms with E-state index in [2.05, 4.69) is 5.32 Å². The molecule has 1 heterocycles. The van der Waals surface area contributed by atoms with Crippen LogP contribution in [0.5, 0.6) is 0 Å². The van der Waals surface area contributed by atoms with Crippen LogP contribution in [0.15, 0.2) is 0 Å². The van der Waals surface area contributed by atoms with E-state index in [0.29, 0.717) is 6.54 Å². The summed E-state index contributed by atoms with van der Waals surface area (Å²) in [7, 11) is 0. The van der Waals surface area contributed by atoms with Gasteiger partial charge in [-0.3, -0.25) is 9.59 Å². The number of carbonyl (C=O) groups excluding carboxylic acids is 1. The molecule has 0 atom stereocenters. The van der Waals surface area contributed by atoms with Gasteiger partial charge < -0.3 is 15.3 Å². The fraction of sp³-hybridized carbons (Fsp3) is 0.846. The Morgan fingerprint density at radius 1 is 1.33 bits per heavy atom. The van der Waals surface area contributed by atoms with Crippen molar-refractivity contribution in [3.8, 4) is 0 Å². The molecular weight excluding hydrogens is 232 g/mol. The molecule has 1 amide bonds. The lowest BCUT2D eigenvalue weighted by molar-refractivity contribution is -0.159. The molecule has 0 radical (unpaired) electrons. The van der Waals surface area contributed by atoms with Gasteiger partial charge in [-0.15, -0.1) is 0 Å². The molecule has 0 aliphatic carbocycles. The Morgan fingerprint density at radius 2 is 1.89 bits per heavy atom. The van der Waals surface area contributed by atoms with Gasteiger partial charge in [-0.05, 0) is 46.2 Å². The third-order valence-corrected chi connectivity index (χ3v) is 3.54. The van der Waals surface area contributed by atoms with Crippen LogP contribution in [0.4, 0.5) is 0 Å². The zero-order chi connectivity index (χ0) is 13.8. The molecule has 18 heavy (non-hydrogen) atoms. The third kappa shape index (κ3) is 3.22. The Kier molecular flexibility index (Phi) is 5.14. The topological polar surface area (TPSA) is 69.6 Å². The average Bonchev–Trinajstić information content (AvgIpc) is 2.36. The number of hydrogen-bond donors (Lipinski definition) is 2. The zero-order valence-corrected chi connectivity index (χ0v) is 11.5. The van der Waals surface area contributed by atoms with Crippen LogP contribution in [-0.4, -0.2) is 47.6 Å². The SMILES string of the molecule is CCCN(C(=O)C(C)(C)C(=O)O)C1CCNCC1. The van der Waals surface area contributed by atoms with Gasteiger partial charge in [0.25, 0.3) is 0 Å². The first-order valence-electron chi connectivity index (χ1n) is 6.66. The van der Waals surface area contributed by atoms with E-state index in [-0.39, 0.29) is 11.9 Å². The van der Waals surface area contributed by atoms with E-state index in [1.807, 2.05) is 6.92 Å². The molecule has 0 aromatic rings. The van der Waals surface area contributed by atoms with Crippen LogP contribution >= 0.6 is 0 Å². The molecule has 0 bridgehead atoms. The number of amides is 1. The maximum atomic E-state index is 12.4. The van der Waals surface area contributed by atoms with Crippen molar-refractivity contribution in [3.63, 3.8) is 0 Å². The number of aliphatic carboxylic acids is 1. The van der Waals surface area contributed by atoms with E-state index in [4.69, 9.17) is 5.11 Å². The number of nitrogens with one attached hydrogen (secondary N) is 1. The van der Waals surface area contributed by atoms with Crippen molar-refractivity contribution in [2.45, 2.75) is 46.1 Å². The fourth-order valence-electron chi connectivity index (χ4n) is 2.26. The summed E-state index contributed by atoms with van der Waals surface area (Å²) in [5.74, 6) is -1.31. The minimum Gasteiger partial charge on any atom is -0.480 e. The van der Waals surface area contributed by atoms with E-state index >= 15 is 0 Å². The van der Waals surface area contributed by atoms with Crippen LogP contribution in [0.2, 0.25) is 0 Å². The average molecular weight is 256 g/mol. The standard InChI is InChI=1S/C13H24N2O3/c1-4-9-15(10-5-7-14-8-6-10)11(16)13(2,3)12(17)18/h10,14H,4-9H2,1-3H3,(H,17,18). The van der Waals surface area contributed by atoms with Gasteiger partial charge in [-0.1, -0.05) is 6.92 Å². The van der Waals surface area contributed by atoms with Crippen LogP contribution in [0.3, 0.4) is 0 Å². The van der Waals surface area contributed by atoms with Crippen LogP contribution in [0.1, 0.15) is 40.0 Å². The molecule has 5 nitrogen and oxygen atoms in total. The Hall–Kier alpha value is -1.10. The fourth-order valence-corrected chi connectivity index (χ4v) is 2.26. The molecule has 1 fully saturated rings. The van der Waals surface area contributed by atoms with Crippen molar-refractivity contribution in [2.75, 3.05) is 19.6 Å². The summed E-state index contributed by atoms with van der Waals surface area (Å²) < 4.78 is 0.